The molecule has 0 saturated carbocycles. The number of benzene rings is 1. The molecule has 1 aromatic carbocycles. The quantitative estimate of drug-likeness (QED) is 0.775. The van der Waals surface area contributed by atoms with Crippen molar-refractivity contribution in [3.63, 3.8) is 0 Å². The van der Waals surface area contributed by atoms with Gasteiger partial charge in [0.15, 0.2) is 0 Å². The molecule has 1 amide bonds. The largest absolute Gasteiger partial charge is 0.311 e. The van der Waals surface area contributed by atoms with Gasteiger partial charge in [-0.05, 0) is 31.9 Å². The van der Waals surface area contributed by atoms with Gasteiger partial charge in [-0.15, -0.1) is 0 Å². The molecule has 0 fully saturated rings. The van der Waals surface area contributed by atoms with Crippen molar-refractivity contribution in [2.75, 3.05) is 11.4 Å². The van der Waals surface area contributed by atoms with Gasteiger partial charge in [-0.1, -0.05) is 41.1 Å². The molecular weight excluding hydrogens is 266 g/mol. The van der Waals surface area contributed by atoms with Gasteiger partial charge in [0.25, 0.3) is 0 Å². The highest BCUT2D eigenvalue weighted by molar-refractivity contribution is 9.10. The van der Waals surface area contributed by atoms with Crippen LogP contribution in [0.4, 0.5) is 5.69 Å². The van der Waals surface area contributed by atoms with Crippen molar-refractivity contribution in [2.24, 2.45) is 0 Å². The van der Waals surface area contributed by atoms with Crippen LogP contribution >= 0.6 is 15.9 Å². The Morgan fingerprint density at radius 2 is 2.00 bits per heavy atom. The fraction of sp³-hybridized carbons (Fsp3) is 0.462. The van der Waals surface area contributed by atoms with Crippen molar-refractivity contribution >= 4 is 27.5 Å². The first kappa shape index (κ1) is 13.2. The molecule has 0 N–H and O–H groups in total. The number of rotatable bonds is 4. The van der Waals surface area contributed by atoms with Gasteiger partial charge in [0.05, 0.1) is 4.83 Å². The summed E-state index contributed by atoms with van der Waals surface area (Å²) in [5, 5.41) is 0. The van der Waals surface area contributed by atoms with E-state index in [1.165, 1.54) is 0 Å². The fourth-order valence-corrected chi connectivity index (χ4v) is 1.90. The van der Waals surface area contributed by atoms with Gasteiger partial charge < -0.3 is 4.90 Å². The number of alkyl halides is 1. The highest BCUT2D eigenvalue weighted by atomic mass is 79.9. The zero-order chi connectivity index (χ0) is 12.1. The van der Waals surface area contributed by atoms with Gasteiger partial charge in [-0.2, -0.15) is 0 Å². The van der Waals surface area contributed by atoms with E-state index in [1.807, 2.05) is 49.9 Å². The molecule has 0 aromatic heterocycles. The van der Waals surface area contributed by atoms with Crippen LogP contribution in [0.3, 0.4) is 0 Å². The second kappa shape index (κ2) is 6.04. The summed E-state index contributed by atoms with van der Waals surface area (Å²) in [6, 6.07) is 7.97. The third-order valence-electron chi connectivity index (χ3n) is 2.61. The van der Waals surface area contributed by atoms with Crippen molar-refractivity contribution in [1.29, 1.82) is 0 Å². The van der Waals surface area contributed by atoms with Crippen molar-refractivity contribution in [3.05, 3.63) is 29.8 Å². The van der Waals surface area contributed by atoms with Crippen LogP contribution in [0.15, 0.2) is 24.3 Å². The first-order valence-corrected chi connectivity index (χ1v) is 6.54. The molecule has 0 saturated heterocycles. The zero-order valence-electron chi connectivity index (χ0n) is 10.0. The van der Waals surface area contributed by atoms with Crippen LogP contribution in [0.1, 0.15) is 25.8 Å². The highest BCUT2D eigenvalue weighted by Gasteiger charge is 2.21. The van der Waals surface area contributed by atoms with Gasteiger partial charge in [-0.3, -0.25) is 4.79 Å². The van der Waals surface area contributed by atoms with Crippen LogP contribution in [0.2, 0.25) is 0 Å². The van der Waals surface area contributed by atoms with Crippen molar-refractivity contribution < 1.29 is 4.79 Å². The Hall–Kier alpha value is -0.830. The molecule has 88 valence electrons. The van der Waals surface area contributed by atoms with Crippen molar-refractivity contribution in [2.45, 2.75) is 32.0 Å². The SMILES string of the molecule is CCC(Br)C(=O)N(CC)c1ccccc1C. The molecule has 0 heterocycles. The number of para-hydroxylation sites is 1. The maximum absolute atomic E-state index is 12.1. The summed E-state index contributed by atoms with van der Waals surface area (Å²) in [7, 11) is 0. The monoisotopic (exact) mass is 283 g/mol. The summed E-state index contributed by atoms with van der Waals surface area (Å²) in [6.45, 7) is 6.73. The molecule has 0 aliphatic heterocycles. The van der Waals surface area contributed by atoms with Crippen LogP contribution in [0.25, 0.3) is 0 Å². The number of halogens is 1. The van der Waals surface area contributed by atoms with Gasteiger partial charge >= 0.3 is 0 Å². The van der Waals surface area contributed by atoms with E-state index in [0.717, 1.165) is 17.7 Å². The minimum absolute atomic E-state index is 0.0907. The average molecular weight is 284 g/mol. The molecule has 0 aliphatic rings. The molecule has 2 nitrogen and oxygen atoms in total. The standard InChI is InChI=1S/C13H18BrNO/c1-4-11(14)13(16)15(5-2)12-9-7-6-8-10(12)3/h6-9,11H,4-5H2,1-3H3. The Bertz CT molecular complexity index is 365. The minimum atomic E-state index is -0.0907. The van der Waals surface area contributed by atoms with Gasteiger partial charge in [0.1, 0.15) is 0 Å². The summed E-state index contributed by atoms with van der Waals surface area (Å²) in [6.07, 6.45) is 0.807. The number of carbonyl (C=O) groups is 1. The third kappa shape index (κ3) is 2.85. The first-order chi connectivity index (χ1) is 7.61. The third-order valence-corrected chi connectivity index (χ3v) is 3.65. The Balaban J connectivity index is 2.99. The second-order valence-corrected chi connectivity index (χ2v) is 4.85. The van der Waals surface area contributed by atoms with E-state index in [2.05, 4.69) is 15.9 Å². The number of amides is 1. The van der Waals surface area contributed by atoms with Crippen LogP contribution in [-0.4, -0.2) is 17.3 Å². The lowest BCUT2D eigenvalue weighted by molar-refractivity contribution is -0.118. The summed E-state index contributed by atoms with van der Waals surface area (Å²) < 4.78 is 0. The van der Waals surface area contributed by atoms with Gasteiger partial charge in [-0.25, -0.2) is 0 Å². The Kier molecular flexibility index (Phi) is 5.00. The Labute approximate surface area is 106 Å². The van der Waals surface area contributed by atoms with Crippen molar-refractivity contribution in [3.8, 4) is 0 Å². The number of hydrogen-bond acceptors (Lipinski definition) is 1. The highest BCUT2D eigenvalue weighted by Crippen LogP contribution is 2.22. The molecule has 1 atom stereocenters. The van der Waals surface area contributed by atoms with E-state index >= 15 is 0 Å². The Morgan fingerprint density at radius 1 is 1.38 bits per heavy atom. The molecule has 16 heavy (non-hydrogen) atoms. The van der Waals surface area contributed by atoms with E-state index in [-0.39, 0.29) is 10.7 Å². The Morgan fingerprint density at radius 3 is 2.50 bits per heavy atom. The number of anilines is 1. The van der Waals surface area contributed by atoms with E-state index in [1.54, 1.807) is 0 Å². The molecule has 3 heteroatoms. The molecule has 1 rings (SSSR count). The van der Waals surface area contributed by atoms with Crippen LogP contribution in [0, 0.1) is 6.92 Å². The molecule has 0 aliphatic carbocycles. The summed E-state index contributed by atoms with van der Waals surface area (Å²) in [5.74, 6) is 0.138. The lowest BCUT2D eigenvalue weighted by atomic mass is 10.1. The normalized spacial score (nSPS) is 12.2. The molecule has 0 bridgehead atoms. The average Bonchev–Trinajstić information content (AvgIpc) is 2.31. The smallest absolute Gasteiger partial charge is 0.240 e. The van der Waals surface area contributed by atoms with E-state index in [9.17, 15) is 4.79 Å². The number of carbonyl (C=O) groups excluding carboxylic acids is 1. The van der Waals surface area contributed by atoms with Gasteiger partial charge in [0.2, 0.25) is 5.91 Å². The maximum atomic E-state index is 12.1. The minimum Gasteiger partial charge on any atom is -0.311 e. The fourth-order valence-electron chi connectivity index (χ4n) is 1.65. The summed E-state index contributed by atoms with van der Waals surface area (Å²) in [4.78, 5) is 13.9. The first-order valence-electron chi connectivity index (χ1n) is 5.62. The molecule has 0 radical (unpaired) electrons. The lowest BCUT2D eigenvalue weighted by Crippen LogP contribution is -2.36. The van der Waals surface area contributed by atoms with E-state index in [4.69, 9.17) is 0 Å². The second-order valence-electron chi connectivity index (χ2n) is 3.74. The maximum Gasteiger partial charge on any atom is 0.240 e. The number of hydrogen-bond donors (Lipinski definition) is 0. The van der Waals surface area contributed by atoms with E-state index in [0.29, 0.717) is 6.54 Å². The summed E-state index contributed by atoms with van der Waals surface area (Å²) >= 11 is 3.41. The topological polar surface area (TPSA) is 20.3 Å². The lowest BCUT2D eigenvalue weighted by Gasteiger charge is -2.24. The van der Waals surface area contributed by atoms with Gasteiger partial charge in [0, 0.05) is 12.2 Å². The van der Waals surface area contributed by atoms with Crippen LogP contribution in [-0.2, 0) is 4.79 Å². The molecule has 1 aromatic rings. The molecule has 1 unspecified atom stereocenters. The van der Waals surface area contributed by atoms with Crippen molar-refractivity contribution in [1.82, 2.24) is 0 Å². The van der Waals surface area contributed by atoms with E-state index < -0.39 is 0 Å². The predicted molar refractivity (Wildman–Crippen MR) is 72.2 cm³/mol. The van der Waals surface area contributed by atoms with Crippen LogP contribution in [0.5, 0.6) is 0 Å². The number of aryl methyl sites for hydroxylation is 1. The zero-order valence-corrected chi connectivity index (χ0v) is 11.6. The number of nitrogens with zero attached hydrogens (tertiary/aromatic N) is 1. The molecular formula is C13H18BrNO. The van der Waals surface area contributed by atoms with Crippen LogP contribution < -0.4 is 4.90 Å². The molecule has 0 spiro atoms. The predicted octanol–water partition coefficient (Wildman–Crippen LogP) is 3.52. The summed E-state index contributed by atoms with van der Waals surface area (Å²) in [5.41, 5.74) is 2.14.